The molecule has 4 heteroatoms. The first-order valence-corrected chi connectivity index (χ1v) is 6.86. The summed E-state index contributed by atoms with van der Waals surface area (Å²) < 4.78 is 0. The summed E-state index contributed by atoms with van der Waals surface area (Å²) in [5.74, 6) is -1.59. The molecule has 0 rings (SSSR count). The molecular formula is C16H26O4. The lowest BCUT2D eigenvalue weighted by atomic mass is 9.89. The van der Waals surface area contributed by atoms with Crippen molar-refractivity contribution >= 4 is 11.9 Å². The molecule has 0 aliphatic rings. The Balaban J connectivity index is 3.93. The first kappa shape index (κ1) is 18.4. The lowest BCUT2D eigenvalue weighted by molar-refractivity contribution is -0.147. The van der Waals surface area contributed by atoms with Gasteiger partial charge in [-0.25, -0.2) is 0 Å². The van der Waals surface area contributed by atoms with Crippen molar-refractivity contribution in [3.8, 4) is 0 Å². The Morgan fingerprint density at radius 2 is 1.05 bits per heavy atom. The van der Waals surface area contributed by atoms with E-state index in [9.17, 15) is 9.59 Å². The van der Waals surface area contributed by atoms with Gasteiger partial charge < -0.3 is 10.2 Å². The van der Waals surface area contributed by atoms with Crippen LogP contribution in [-0.4, -0.2) is 22.2 Å². The van der Waals surface area contributed by atoms with Crippen molar-refractivity contribution in [2.45, 2.75) is 53.4 Å². The van der Waals surface area contributed by atoms with Gasteiger partial charge in [-0.2, -0.15) is 0 Å². The maximum atomic E-state index is 10.9. The summed E-state index contributed by atoms with van der Waals surface area (Å²) in [5, 5.41) is 17.9. The molecule has 0 radical (unpaired) electrons. The van der Waals surface area contributed by atoms with Crippen LogP contribution in [0.4, 0.5) is 0 Å². The summed E-state index contributed by atoms with van der Waals surface area (Å²) in [6, 6.07) is 0. The van der Waals surface area contributed by atoms with Crippen molar-refractivity contribution in [3.63, 3.8) is 0 Å². The van der Waals surface area contributed by atoms with Crippen molar-refractivity contribution in [1.82, 2.24) is 0 Å². The SMILES string of the molecule is CC(C)(C/C=C\CC/C=C\CC(C)(C)C(=O)O)C(=O)O. The van der Waals surface area contributed by atoms with Crippen LogP contribution < -0.4 is 0 Å². The molecule has 0 spiro atoms. The number of hydrogen-bond donors (Lipinski definition) is 2. The van der Waals surface area contributed by atoms with Crippen LogP contribution in [0.2, 0.25) is 0 Å². The van der Waals surface area contributed by atoms with Gasteiger partial charge in [-0.15, -0.1) is 0 Å². The number of rotatable bonds is 9. The molecule has 0 aliphatic carbocycles. The van der Waals surface area contributed by atoms with E-state index in [0.29, 0.717) is 12.8 Å². The average Bonchev–Trinajstić information content (AvgIpc) is 2.31. The van der Waals surface area contributed by atoms with E-state index in [0.717, 1.165) is 12.8 Å². The molecule has 0 aromatic carbocycles. The van der Waals surface area contributed by atoms with E-state index in [1.165, 1.54) is 0 Å². The molecule has 0 unspecified atom stereocenters. The minimum Gasteiger partial charge on any atom is -0.481 e. The number of carbonyl (C=O) groups is 2. The number of carboxylic acid groups (broad SMARTS) is 2. The molecule has 0 bridgehead atoms. The summed E-state index contributed by atoms with van der Waals surface area (Å²) in [6.45, 7) is 6.81. The third kappa shape index (κ3) is 7.12. The van der Waals surface area contributed by atoms with Gasteiger partial charge in [0.15, 0.2) is 0 Å². The fraction of sp³-hybridized carbons (Fsp3) is 0.625. The van der Waals surface area contributed by atoms with Crippen LogP contribution >= 0.6 is 0 Å². The Morgan fingerprint density at radius 3 is 1.30 bits per heavy atom. The molecule has 0 saturated carbocycles. The Labute approximate surface area is 121 Å². The number of aliphatic carboxylic acids is 2. The molecule has 114 valence electrons. The second-order valence-corrected chi connectivity index (χ2v) is 6.31. The molecule has 0 aromatic heterocycles. The minimum absolute atomic E-state index is 0.512. The van der Waals surface area contributed by atoms with Gasteiger partial charge in [0.2, 0.25) is 0 Å². The highest BCUT2D eigenvalue weighted by Crippen LogP contribution is 2.22. The second kappa shape index (κ2) is 7.88. The molecule has 0 aromatic rings. The summed E-state index contributed by atoms with van der Waals surface area (Å²) in [4.78, 5) is 21.8. The molecular weight excluding hydrogens is 256 g/mol. The van der Waals surface area contributed by atoms with Gasteiger partial charge in [0.05, 0.1) is 10.8 Å². The number of unbranched alkanes of at least 4 members (excludes halogenated alkanes) is 1. The van der Waals surface area contributed by atoms with E-state index in [1.54, 1.807) is 27.7 Å². The predicted molar refractivity (Wildman–Crippen MR) is 79.6 cm³/mol. The normalized spacial score (nSPS) is 13.2. The monoisotopic (exact) mass is 282 g/mol. The highest BCUT2D eigenvalue weighted by Gasteiger charge is 2.25. The average molecular weight is 282 g/mol. The fourth-order valence-corrected chi connectivity index (χ4v) is 1.36. The number of hydrogen-bond acceptors (Lipinski definition) is 2. The summed E-state index contributed by atoms with van der Waals surface area (Å²) >= 11 is 0. The van der Waals surface area contributed by atoms with E-state index in [2.05, 4.69) is 0 Å². The summed E-state index contributed by atoms with van der Waals surface area (Å²) in [7, 11) is 0. The van der Waals surface area contributed by atoms with E-state index in [1.807, 2.05) is 24.3 Å². The molecule has 0 fully saturated rings. The molecule has 0 amide bonds. The molecule has 0 aliphatic heterocycles. The Morgan fingerprint density at radius 1 is 0.750 bits per heavy atom. The summed E-state index contributed by atoms with van der Waals surface area (Å²) in [5.41, 5.74) is -1.45. The lowest BCUT2D eigenvalue weighted by Crippen LogP contribution is -2.22. The van der Waals surface area contributed by atoms with Gasteiger partial charge in [-0.05, 0) is 53.4 Å². The van der Waals surface area contributed by atoms with Crippen molar-refractivity contribution < 1.29 is 19.8 Å². The van der Waals surface area contributed by atoms with Crippen LogP contribution in [0.15, 0.2) is 24.3 Å². The zero-order valence-corrected chi connectivity index (χ0v) is 12.8. The van der Waals surface area contributed by atoms with Crippen LogP contribution in [-0.2, 0) is 9.59 Å². The van der Waals surface area contributed by atoms with Crippen molar-refractivity contribution in [2.75, 3.05) is 0 Å². The van der Waals surface area contributed by atoms with Crippen molar-refractivity contribution in [1.29, 1.82) is 0 Å². The Hall–Kier alpha value is -1.58. The van der Waals surface area contributed by atoms with Crippen LogP contribution in [0, 0.1) is 10.8 Å². The van der Waals surface area contributed by atoms with Crippen LogP contribution in [0.5, 0.6) is 0 Å². The molecule has 0 heterocycles. The lowest BCUT2D eigenvalue weighted by Gasteiger charge is -2.16. The van der Waals surface area contributed by atoms with Gasteiger partial charge in [0, 0.05) is 0 Å². The van der Waals surface area contributed by atoms with Gasteiger partial charge >= 0.3 is 11.9 Å². The predicted octanol–water partition coefficient (Wildman–Crippen LogP) is 3.88. The van der Waals surface area contributed by atoms with Crippen molar-refractivity contribution in [3.05, 3.63) is 24.3 Å². The maximum Gasteiger partial charge on any atom is 0.309 e. The van der Waals surface area contributed by atoms with Crippen molar-refractivity contribution in [2.24, 2.45) is 10.8 Å². The standard InChI is InChI=1S/C16H26O4/c1-15(2,13(17)18)11-9-7-5-6-8-10-12-16(3,4)14(19)20/h7-10H,5-6,11-12H2,1-4H3,(H,17,18)(H,19,20)/b9-7-,10-8-. The van der Waals surface area contributed by atoms with E-state index >= 15 is 0 Å². The molecule has 20 heavy (non-hydrogen) atoms. The maximum absolute atomic E-state index is 10.9. The Bertz CT molecular complexity index is 351. The Kier molecular flexibility index (Phi) is 7.25. The number of allylic oxidation sites excluding steroid dienone is 4. The second-order valence-electron chi connectivity index (χ2n) is 6.31. The zero-order valence-electron chi connectivity index (χ0n) is 12.8. The fourth-order valence-electron chi connectivity index (χ4n) is 1.36. The molecule has 0 atom stereocenters. The van der Waals surface area contributed by atoms with Gasteiger partial charge in [0.25, 0.3) is 0 Å². The highest BCUT2D eigenvalue weighted by molar-refractivity contribution is 5.74. The first-order valence-electron chi connectivity index (χ1n) is 6.86. The highest BCUT2D eigenvalue weighted by atomic mass is 16.4. The van der Waals surface area contributed by atoms with Crippen LogP contribution in [0.1, 0.15) is 53.4 Å². The van der Waals surface area contributed by atoms with E-state index in [-0.39, 0.29) is 0 Å². The zero-order chi connectivity index (χ0) is 15.8. The molecule has 2 N–H and O–H groups in total. The molecule has 0 saturated heterocycles. The topological polar surface area (TPSA) is 74.6 Å². The van der Waals surface area contributed by atoms with Gasteiger partial charge in [-0.3, -0.25) is 9.59 Å². The van der Waals surface area contributed by atoms with E-state index in [4.69, 9.17) is 10.2 Å². The number of carboxylic acids is 2. The summed E-state index contributed by atoms with van der Waals surface area (Å²) in [6.07, 6.45) is 10.4. The third-order valence-corrected chi connectivity index (χ3v) is 3.25. The van der Waals surface area contributed by atoms with E-state index < -0.39 is 22.8 Å². The largest absolute Gasteiger partial charge is 0.481 e. The molecule has 4 nitrogen and oxygen atoms in total. The van der Waals surface area contributed by atoms with Crippen LogP contribution in [0.3, 0.4) is 0 Å². The van der Waals surface area contributed by atoms with Gasteiger partial charge in [-0.1, -0.05) is 24.3 Å². The first-order chi connectivity index (χ1) is 9.09. The van der Waals surface area contributed by atoms with Gasteiger partial charge in [0.1, 0.15) is 0 Å². The smallest absolute Gasteiger partial charge is 0.309 e. The van der Waals surface area contributed by atoms with Crippen LogP contribution in [0.25, 0.3) is 0 Å². The quantitative estimate of drug-likeness (QED) is 0.497. The third-order valence-electron chi connectivity index (χ3n) is 3.25. The minimum atomic E-state index is -0.794.